The van der Waals surface area contributed by atoms with E-state index in [-0.39, 0.29) is 5.82 Å². The van der Waals surface area contributed by atoms with E-state index in [9.17, 15) is 4.39 Å². The number of halogens is 1. The molecule has 0 fully saturated rings. The summed E-state index contributed by atoms with van der Waals surface area (Å²) in [6, 6.07) is 8.95. The normalized spacial score (nSPS) is 10.7. The van der Waals surface area contributed by atoms with Gasteiger partial charge in [-0.3, -0.25) is 4.98 Å². The number of hydrogen-bond donors (Lipinski definition) is 0. The van der Waals surface area contributed by atoms with E-state index in [0.717, 1.165) is 38.5 Å². The molecule has 2 aromatic rings. The van der Waals surface area contributed by atoms with Crippen molar-refractivity contribution in [2.24, 2.45) is 0 Å². The standard InChI is InChI=1S/C20H26FNO/c1-3-5-7-13-23-17-10-11-18(19(21)14-17)20-12-9-16(15-22-20)8-6-4-2/h9-12,14-15H,3-8,13H2,1-2H3. The Bertz CT molecular complexity index is 595. The van der Waals surface area contributed by atoms with E-state index >= 15 is 0 Å². The van der Waals surface area contributed by atoms with Crippen molar-refractivity contribution < 1.29 is 9.13 Å². The van der Waals surface area contributed by atoms with Crippen LogP contribution in [0.2, 0.25) is 0 Å². The third-order valence-corrected chi connectivity index (χ3v) is 3.88. The summed E-state index contributed by atoms with van der Waals surface area (Å²) in [6.07, 6.45) is 8.47. The molecule has 0 saturated heterocycles. The average Bonchev–Trinajstić information content (AvgIpc) is 2.58. The van der Waals surface area contributed by atoms with Crippen LogP contribution in [0.4, 0.5) is 4.39 Å². The summed E-state index contributed by atoms with van der Waals surface area (Å²) in [7, 11) is 0. The zero-order chi connectivity index (χ0) is 16.5. The first-order valence-electron chi connectivity index (χ1n) is 8.62. The number of rotatable bonds is 9. The van der Waals surface area contributed by atoms with Crippen LogP contribution in [0.1, 0.15) is 51.5 Å². The third-order valence-electron chi connectivity index (χ3n) is 3.88. The van der Waals surface area contributed by atoms with Gasteiger partial charge in [0.2, 0.25) is 0 Å². The number of benzene rings is 1. The minimum atomic E-state index is -0.285. The molecule has 0 radical (unpaired) electrons. The van der Waals surface area contributed by atoms with Crippen LogP contribution < -0.4 is 4.74 Å². The van der Waals surface area contributed by atoms with E-state index in [4.69, 9.17) is 4.74 Å². The first-order chi connectivity index (χ1) is 11.2. The molecule has 0 aliphatic carbocycles. The van der Waals surface area contributed by atoms with Gasteiger partial charge >= 0.3 is 0 Å². The van der Waals surface area contributed by atoms with Gasteiger partial charge in [-0.25, -0.2) is 4.39 Å². The smallest absolute Gasteiger partial charge is 0.136 e. The molecule has 2 rings (SSSR count). The topological polar surface area (TPSA) is 22.1 Å². The molecule has 1 aromatic carbocycles. The number of aromatic nitrogens is 1. The lowest BCUT2D eigenvalue weighted by atomic mass is 10.1. The molecule has 0 bridgehead atoms. The summed E-state index contributed by atoms with van der Waals surface area (Å²) in [4.78, 5) is 4.40. The van der Waals surface area contributed by atoms with Crippen molar-refractivity contribution >= 4 is 0 Å². The number of aryl methyl sites for hydroxylation is 1. The molecule has 3 heteroatoms. The fraction of sp³-hybridized carbons (Fsp3) is 0.450. The molecule has 1 aromatic heterocycles. The number of hydrogen-bond acceptors (Lipinski definition) is 2. The predicted molar refractivity (Wildman–Crippen MR) is 93.3 cm³/mol. The van der Waals surface area contributed by atoms with E-state index in [1.165, 1.54) is 11.6 Å². The summed E-state index contributed by atoms with van der Waals surface area (Å²) >= 11 is 0. The SMILES string of the molecule is CCCCCOc1ccc(-c2ccc(CCCC)cn2)c(F)c1. The van der Waals surface area contributed by atoms with E-state index < -0.39 is 0 Å². The van der Waals surface area contributed by atoms with Crippen LogP contribution in [-0.2, 0) is 6.42 Å². The lowest BCUT2D eigenvalue weighted by Gasteiger charge is -2.09. The van der Waals surface area contributed by atoms with Gasteiger partial charge in [0.25, 0.3) is 0 Å². The van der Waals surface area contributed by atoms with Gasteiger partial charge in [0.05, 0.1) is 12.3 Å². The van der Waals surface area contributed by atoms with E-state index in [2.05, 4.69) is 18.8 Å². The molecule has 0 aliphatic rings. The summed E-state index contributed by atoms with van der Waals surface area (Å²) in [5, 5.41) is 0. The fourth-order valence-electron chi connectivity index (χ4n) is 2.45. The molecular formula is C20H26FNO. The molecule has 23 heavy (non-hydrogen) atoms. The van der Waals surface area contributed by atoms with Crippen molar-refractivity contribution in [2.75, 3.05) is 6.61 Å². The highest BCUT2D eigenvalue weighted by Gasteiger charge is 2.08. The zero-order valence-electron chi connectivity index (χ0n) is 14.1. The van der Waals surface area contributed by atoms with Gasteiger partial charge in [-0.1, -0.05) is 39.2 Å². The van der Waals surface area contributed by atoms with Crippen molar-refractivity contribution in [3.05, 3.63) is 47.9 Å². The molecule has 0 saturated carbocycles. The minimum Gasteiger partial charge on any atom is -0.493 e. The van der Waals surface area contributed by atoms with Crippen molar-refractivity contribution in [1.29, 1.82) is 0 Å². The number of nitrogens with zero attached hydrogens (tertiary/aromatic N) is 1. The van der Waals surface area contributed by atoms with Crippen molar-refractivity contribution in [3.63, 3.8) is 0 Å². The Kier molecular flexibility index (Phi) is 7.05. The first kappa shape index (κ1) is 17.5. The van der Waals surface area contributed by atoms with Gasteiger partial charge in [-0.05, 0) is 43.0 Å². The molecule has 124 valence electrons. The van der Waals surface area contributed by atoms with Crippen LogP contribution in [0.5, 0.6) is 5.75 Å². The van der Waals surface area contributed by atoms with Crippen LogP contribution in [0.25, 0.3) is 11.3 Å². The summed E-state index contributed by atoms with van der Waals surface area (Å²) < 4.78 is 19.9. The average molecular weight is 315 g/mol. The molecule has 1 heterocycles. The highest BCUT2D eigenvalue weighted by molar-refractivity contribution is 5.61. The van der Waals surface area contributed by atoms with Gasteiger partial charge < -0.3 is 4.74 Å². The maximum absolute atomic E-state index is 14.3. The van der Waals surface area contributed by atoms with Crippen LogP contribution in [0.3, 0.4) is 0 Å². The molecular weight excluding hydrogens is 289 g/mol. The zero-order valence-corrected chi connectivity index (χ0v) is 14.1. The van der Waals surface area contributed by atoms with Crippen molar-refractivity contribution in [3.8, 4) is 17.0 Å². The Morgan fingerprint density at radius 2 is 1.83 bits per heavy atom. The fourth-order valence-corrected chi connectivity index (χ4v) is 2.45. The number of ether oxygens (including phenoxy) is 1. The molecule has 0 atom stereocenters. The number of pyridine rings is 1. The summed E-state index contributed by atoms with van der Waals surface area (Å²) in [5.74, 6) is 0.300. The predicted octanol–water partition coefficient (Wildman–Crippen LogP) is 5.80. The highest BCUT2D eigenvalue weighted by Crippen LogP contribution is 2.25. The van der Waals surface area contributed by atoms with Crippen molar-refractivity contribution in [2.45, 2.75) is 52.4 Å². The van der Waals surface area contributed by atoms with Crippen LogP contribution >= 0.6 is 0 Å². The third kappa shape index (κ3) is 5.34. The first-order valence-corrected chi connectivity index (χ1v) is 8.62. The minimum absolute atomic E-state index is 0.285. The Hall–Kier alpha value is -1.90. The summed E-state index contributed by atoms with van der Waals surface area (Å²) in [6.45, 7) is 4.95. The van der Waals surface area contributed by atoms with Gasteiger partial charge in [0.15, 0.2) is 0 Å². The van der Waals surface area contributed by atoms with Gasteiger partial charge in [-0.15, -0.1) is 0 Å². The van der Waals surface area contributed by atoms with Gasteiger partial charge in [-0.2, -0.15) is 0 Å². The molecule has 0 aliphatic heterocycles. The number of unbranched alkanes of at least 4 members (excludes halogenated alkanes) is 3. The van der Waals surface area contributed by atoms with Crippen LogP contribution in [0.15, 0.2) is 36.5 Å². The maximum atomic E-state index is 14.3. The second kappa shape index (κ2) is 9.29. The molecule has 0 amide bonds. The Labute approximate surface area is 138 Å². The lowest BCUT2D eigenvalue weighted by molar-refractivity contribution is 0.305. The Morgan fingerprint density at radius 1 is 1.00 bits per heavy atom. The van der Waals surface area contributed by atoms with E-state index in [1.54, 1.807) is 6.07 Å². The largest absolute Gasteiger partial charge is 0.493 e. The van der Waals surface area contributed by atoms with Gasteiger partial charge in [0, 0.05) is 17.8 Å². The Morgan fingerprint density at radius 3 is 2.48 bits per heavy atom. The molecule has 0 spiro atoms. The summed E-state index contributed by atoms with van der Waals surface area (Å²) in [5.41, 5.74) is 2.39. The van der Waals surface area contributed by atoms with Crippen molar-refractivity contribution in [1.82, 2.24) is 4.98 Å². The molecule has 0 N–H and O–H groups in total. The lowest BCUT2D eigenvalue weighted by Crippen LogP contribution is -1.98. The Balaban J connectivity index is 2.02. The highest BCUT2D eigenvalue weighted by atomic mass is 19.1. The molecule has 2 nitrogen and oxygen atoms in total. The van der Waals surface area contributed by atoms with Gasteiger partial charge in [0.1, 0.15) is 11.6 Å². The van der Waals surface area contributed by atoms with E-state index in [1.807, 2.05) is 24.4 Å². The molecule has 0 unspecified atom stereocenters. The van der Waals surface area contributed by atoms with Crippen LogP contribution in [-0.4, -0.2) is 11.6 Å². The quantitative estimate of drug-likeness (QED) is 0.546. The second-order valence-corrected chi connectivity index (χ2v) is 5.85. The van der Waals surface area contributed by atoms with E-state index in [0.29, 0.717) is 23.6 Å². The second-order valence-electron chi connectivity index (χ2n) is 5.85. The van der Waals surface area contributed by atoms with Crippen LogP contribution in [0, 0.1) is 5.82 Å². The maximum Gasteiger partial charge on any atom is 0.136 e. The monoisotopic (exact) mass is 315 g/mol.